The van der Waals surface area contributed by atoms with Crippen LogP contribution in [0.3, 0.4) is 0 Å². The zero-order valence-electron chi connectivity index (χ0n) is 11.6. The summed E-state index contributed by atoms with van der Waals surface area (Å²) in [5.74, 6) is 0.978. The van der Waals surface area contributed by atoms with Crippen LogP contribution in [0.1, 0.15) is 29.5 Å². The number of aryl methyl sites for hydroxylation is 3. The molecule has 0 bridgehead atoms. The summed E-state index contributed by atoms with van der Waals surface area (Å²) >= 11 is 0. The van der Waals surface area contributed by atoms with E-state index >= 15 is 0 Å². The molecular weight excluding hydrogens is 228 g/mol. The van der Waals surface area contributed by atoms with Crippen molar-refractivity contribution in [2.45, 2.75) is 33.1 Å². The van der Waals surface area contributed by atoms with Crippen LogP contribution in [-0.2, 0) is 11.2 Å². The van der Waals surface area contributed by atoms with E-state index in [1.54, 1.807) is 14.2 Å². The van der Waals surface area contributed by atoms with E-state index in [0.29, 0.717) is 6.42 Å². The van der Waals surface area contributed by atoms with Crippen molar-refractivity contribution in [2.24, 2.45) is 0 Å². The molecule has 4 nitrogen and oxygen atoms in total. The molecule has 0 aromatic heterocycles. The van der Waals surface area contributed by atoms with Crippen LogP contribution in [0.25, 0.3) is 0 Å². The van der Waals surface area contributed by atoms with Gasteiger partial charge in [-0.1, -0.05) is 12.1 Å². The average molecular weight is 250 g/mol. The van der Waals surface area contributed by atoms with Crippen LogP contribution in [0, 0.1) is 13.8 Å². The SMILES string of the molecule is CNNC(=O)CCCc1cc(C)c(OC)c(C)c1. The number of rotatable bonds is 6. The van der Waals surface area contributed by atoms with Crippen molar-refractivity contribution < 1.29 is 9.53 Å². The minimum absolute atomic E-state index is 0.0273. The average Bonchev–Trinajstić information content (AvgIpc) is 2.29. The summed E-state index contributed by atoms with van der Waals surface area (Å²) in [7, 11) is 3.38. The molecule has 1 aromatic carbocycles. The Balaban J connectivity index is 2.56. The first-order chi connectivity index (χ1) is 8.58. The Kier molecular flexibility index (Phi) is 5.65. The molecule has 0 aliphatic carbocycles. The lowest BCUT2D eigenvalue weighted by molar-refractivity contribution is -0.122. The van der Waals surface area contributed by atoms with Gasteiger partial charge in [0.1, 0.15) is 5.75 Å². The van der Waals surface area contributed by atoms with Gasteiger partial charge in [0, 0.05) is 13.5 Å². The van der Waals surface area contributed by atoms with Gasteiger partial charge >= 0.3 is 0 Å². The van der Waals surface area contributed by atoms with Gasteiger partial charge in [-0.05, 0) is 43.4 Å². The first kappa shape index (κ1) is 14.5. The van der Waals surface area contributed by atoms with Crippen molar-refractivity contribution in [2.75, 3.05) is 14.2 Å². The number of benzene rings is 1. The molecule has 0 saturated heterocycles. The molecule has 0 saturated carbocycles. The lowest BCUT2D eigenvalue weighted by Crippen LogP contribution is -2.33. The van der Waals surface area contributed by atoms with Gasteiger partial charge in [0.05, 0.1) is 7.11 Å². The van der Waals surface area contributed by atoms with Crippen LogP contribution in [0.5, 0.6) is 5.75 Å². The van der Waals surface area contributed by atoms with Crippen molar-refractivity contribution in [1.82, 2.24) is 10.9 Å². The van der Waals surface area contributed by atoms with E-state index in [1.165, 1.54) is 5.56 Å². The van der Waals surface area contributed by atoms with Crippen molar-refractivity contribution in [3.05, 3.63) is 28.8 Å². The van der Waals surface area contributed by atoms with E-state index in [4.69, 9.17) is 4.74 Å². The maximum Gasteiger partial charge on any atom is 0.234 e. The van der Waals surface area contributed by atoms with E-state index in [2.05, 4.69) is 23.0 Å². The lowest BCUT2D eigenvalue weighted by atomic mass is 10.0. The second kappa shape index (κ2) is 7.01. The predicted molar refractivity (Wildman–Crippen MR) is 72.6 cm³/mol. The Morgan fingerprint density at radius 2 is 1.89 bits per heavy atom. The molecule has 1 aromatic rings. The van der Waals surface area contributed by atoms with Crippen LogP contribution in [0.2, 0.25) is 0 Å². The molecule has 0 aliphatic rings. The predicted octanol–water partition coefficient (Wildman–Crippen LogP) is 1.89. The van der Waals surface area contributed by atoms with Gasteiger partial charge in [0.25, 0.3) is 0 Å². The molecule has 0 spiro atoms. The Hall–Kier alpha value is -1.55. The van der Waals surface area contributed by atoms with Gasteiger partial charge in [0.2, 0.25) is 5.91 Å². The molecule has 1 amide bonds. The third-order valence-electron chi connectivity index (χ3n) is 2.86. The third-order valence-corrected chi connectivity index (χ3v) is 2.86. The van der Waals surface area contributed by atoms with E-state index in [0.717, 1.165) is 29.7 Å². The normalized spacial score (nSPS) is 10.2. The van der Waals surface area contributed by atoms with E-state index in [1.807, 2.05) is 13.8 Å². The first-order valence-corrected chi connectivity index (χ1v) is 6.18. The van der Waals surface area contributed by atoms with Crippen molar-refractivity contribution in [3.63, 3.8) is 0 Å². The number of hydrogen-bond donors (Lipinski definition) is 2. The summed E-state index contributed by atoms with van der Waals surface area (Å²) in [5.41, 5.74) is 8.74. The fraction of sp³-hybridized carbons (Fsp3) is 0.500. The summed E-state index contributed by atoms with van der Waals surface area (Å²) in [4.78, 5) is 11.3. The Labute approximate surface area is 109 Å². The number of carbonyl (C=O) groups excluding carboxylic acids is 1. The second-order valence-corrected chi connectivity index (χ2v) is 4.41. The van der Waals surface area contributed by atoms with E-state index in [9.17, 15) is 4.79 Å². The highest BCUT2D eigenvalue weighted by molar-refractivity contribution is 5.75. The van der Waals surface area contributed by atoms with Crippen molar-refractivity contribution >= 4 is 5.91 Å². The second-order valence-electron chi connectivity index (χ2n) is 4.41. The molecule has 0 atom stereocenters. The van der Waals surface area contributed by atoms with Gasteiger partial charge in [-0.15, -0.1) is 0 Å². The number of hydrazine groups is 1. The van der Waals surface area contributed by atoms with Crippen LogP contribution in [-0.4, -0.2) is 20.1 Å². The van der Waals surface area contributed by atoms with Gasteiger partial charge in [0.15, 0.2) is 0 Å². The summed E-state index contributed by atoms with van der Waals surface area (Å²) in [6.45, 7) is 4.09. The Morgan fingerprint density at radius 3 is 2.39 bits per heavy atom. The number of methoxy groups -OCH3 is 1. The van der Waals surface area contributed by atoms with Crippen LogP contribution >= 0.6 is 0 Å². The molecule has 18 heavy (non-hydrogen) atoms. The molecule has 0 unspecified atom stereocenters. The van der Waals surface area contributed by atoms with Crippen molar-refractivity contribution in [3.8, 4) is 5.75 Å². The smallest absolute Gasteiger partial charge is 0.234 e. The molecule has 0 heterocycles. The highest BCUT2D eigenvalue weighted by Gasteiger charge is 2.06. The maximum atomic E-state index is 11.3. The zero-order valence-corrected chi connectivity index (χ0v) is 11.6. The molecule has 100 valence electrons. The number of carbonyl (C=O) groups is 1. The molecule has 2 N–H and O–H groups in total. The van der Waals surface area contributed by atoms with Crippen LogP contribution < -0.4 is 15.6 Å². The summed E-state index contributed by atoms with van der Waals surface area (Å²) < 4.78 is 5.33. The number of nitrogens with one attached hydrogen (secondary N) is 2. The van der Waals surface area contributed by atoms with Crippen LogP contribution in [0.15, 0.2) is 12.1 Å². The van der Waals surface area contributed by atoms with Gasteiger partial charge in [-0.2, -0.15) is 0 Å². The van der Waals surface area contributed by atoms with E-state index < -0.39 is 0 Å². The zero-order chi connectivity index (χ0) is 13.5. The highest BCUT2D eigenvalue weighted by atomic mass is 16.5. The molecular formula is C14H22N2O2. The lowest BCUT2D eigenvalue weighted by Gasteiger charge is -2.11. The van der Waals surface area contributed by atoms with Crippen LogP contribution in [0.4, 0.5) is 0 Å². The maximum absolute atomic E-state index is 11.3. The Morgan fingerprint density at radius 1 is 1.28 bits per heavy atom. The monoisotopic (exact) mass is 250 g/mol. The standard InChI is InChI=1S/C14H22N2O2/c1-10-8-12(9-11(2)14(10)18-4)6-5-7-13(17)16-15-3/h8-9,15H,5-7H2,1-4H3,(H,16,17). The quantitative estimate of drug-likeness (QED) is 0.758. The molecule has 4 heteroatoms. The fourth-order valence-corrected chi connectivity index (χ4v) is 2.16. The number of hydrogen-bond acceptors (Lipinski definition) is 3. The van der Waals surface area contributed by atoms with Gasteiger partial charge in [-0.3, -0.25) is 10.2 Å². The van der Waals surface area contributed by atoms with E-state index in [-0.39, 0.29) is 5.91 Å². The summed E-state index contributed by atoms with van der Waals surface area (Å²) in [5, 5.41) is 0. The molecule has 0 fully saturated rings. The minimum atomic E-state index is 0.0273. The molecule has 1 rings (SSSR count). The topological polar surface area (TPSA) is 50.4 Å². The number of amides is 1. The third kappa shape index (κ3) is 4.04. The largest absolute Gasteiger partial charge is 0.496 e. The summed E-state index contributed by atoms with van der Waals surface area (Å²) in [6, 6.07) is 4.25. The molecule has 0 aliphatic heterocycles. The Bertz CT molecular complexity index is 393. The summed E-state index contributed by atoms with van der Waals surface area (Å²) in [6.07, 6.45) is 2.28. The van der Waals surface area contributed by atoms with Crippen molar-refractivity contribution in [1.29, 1.82) is 0 Å². The number of ether oxygens (including phenoxy) is 1. The highest BCUT2D eigenvalue weighted by Crippen LogP contribution is 2.24. The fourth-order valence-electron chi connectivity index (χ4n) is 2.16. The minimum Gasteiger partial charge on any atom is -0.496 e. The first-order valence-electron chi connectivity index (χ1n) is 6.18. The molecule has 0 radical (unpaired) electrons. The van der Waals surface area contributed by atoms with Gasteiger partial charge in [-0.25, -0.2) is 5.43 Å². The van der Waals surface area contributed by atoms with Gasteiger partial charge < -0.3 is 4.74 Å².